The summed E-state index contributed by atoms with van der Waals surface area (Å²) < 4.78 is 0. The van der Waals surface area contributed by atoms with Crippen molar-refractivity contribution < 1.29 is 0 Å². The van der Waals surface area contributed by atoms with Crippen molar-refractivity contribution in [2.45, 2.75) is 5.41 Å². The van der Waals surface area contributed by atoms with Gasteiger partial charge in [0.25, 0.3) is 0 Å². The third-order valence-corrected chi connectivity index (χ3v) is 14.4. The molecule has 5 unspecified atom stereocenters. The molecule has 12 rings (SSSR count). The Morgan fingerprint density at radius 3 is 1.34 bits per heavy atom. The quantitative estimate of drug-likeness (QED) is 0.126. The molecule has 5 atom stereocenters. The number of hydrogen-bond acceptors (Lipinski definition) is 2. The molecule has 0 bridgehead atoms. The number of fused-ring (bicyclic) bond motifs is 10. The molecule has 1 spiro atoms. The Hall–Kier alpha value is -8.20. The number of anilines is 6. The highest BCUT2D eigenvalue weighted by Gasteiger charge is 2.62. The molecule has 0 amide bonds. The largest absolute Gasteiger partial charge is 0.311 e. The van der Waals surface area contributed by atoms with Crippen molar-refractivity contribution in [2.75, 3.05) is 9.80 Å². The number of benzene rings is 8. The van der Waals surface area contributed by atoms with Gasteiger partial charge in [0.15, 0.2) is 0 Å². The lowest BCUT2D eigenvalue weighted by molar-refractivity contribution is 0.370. The van der Waals surface area contributed by atoms with Gasteiger partial charge in [-0.25, -0.2) is 0 Å². The van der Waals surface area contributed by atoms with Gasteiger partial charge in [0.2, 0.25) is 0 Å². The fourth-order valence-electron chi connectivity index (χ4n) is 11.5. The number of nitrogens with zero attached hydrogens (tertiary/aromatic N) is 2. The first-order valence-corrected chi connectivity index (χ1v) is 23.6. The monoisotopic (exact) mass is 858 g/mol. The third kappa shape index (κ3) is 7.23. The van der Waals surface area contributed by atoms with Crippen molar-refractivity contribution in [2.24, 2.45) is 23.7 Å². The maximum atomic E-state index is 2.60. The molecule has 2 heteroatoms. The van der Waals surface area contributed by atoms with Gasteiger partial charge < -0.3 is 9.80 Å². The van der Waals surface area contributed by atoms with Gasteiger partial charge in [-0.2, -0.15) is 0 Å². The Labute approximate surface area is 394 Å². The lowest BCUT2D eigenvalue weighted by Crippen LogP contribution is -2.37. The Kier molecular flexibility index (Phi) is 10.4. The SMILES string of the molecule is C1=CC2C3C=CC(C=Cc4ccc(N(c5ccccc5)c5ccccc5)cc4)=CC3C3(c4ccccc4-c4ccc(C=Cc5ccc(N(c6ccccc6)c6ccccc6)cc5)cc43)C2C=C1. The average molecular weight is 859 g/mol. The second-order valence-electron chi connectivity index (χ2n) is 18.1. The fraction of sp³-hybridized carbons (Fsp3) is 0.0769. The molecule has 0 heterocycles. The standard InChI is InChI=1S/C65H50N2/c1-5-17-51(18-6-1)66(52-19-7-2-8-20-52)55-39-33-47(34-40-55)29-31-49-37-43-59-57-25-13-15-27-61(57)65(63(59)45-49)62-28-16-14-26-58(62)60-44-38-50(46-64(60)65)32-30-48-35-41-56(42-36-48)67(53-21-9-3-10-22-53)54-23-11-4-12-24-54/h1-46,57,59,61,63H. The summed E-state index contributed by atoms with van der Waals surface area (Å²) in [4.78, 5) is 4.62. The van der Waals surface area contributed by atoms with Gasteiger partial charge in [0.1, 0.15) is 0 Å². The molecule has 4 aliphatic carbocycles. The molecule has 0 aliphatic heterocycles. The molecule has 67 heavy (non-hydrogen) atoms. The summed E-state index contributed by atoms with van der Waals surface area (Å²) in [6, 6.07) is 76.7. The van der Waals surface area contributed by atoms with Crippen molar-refractivity contribution in [1.82, 2.24) is 0 Å². The van der Waals surface area contributed by atoms with Crippen LogP contribution >= 0.6 is 0 Å². The van der Waals surface area contributed by atoms with Crippen LogP contribution in [0.3, 0.4) is 0 Å². The first-order chi connectivity index (χ1) is 33.2. The minimum absolute atomic E-state index is 0.212. The Morgan fingerprint density at radius 2 is 0.776 bits per heavy atom. The second kappa shape index (κ2) is 17.3. The van der Waals surface area contributed by atoms with Crippen LogP contribution in [0.1, 0.15) is 27.8 Å². The maximum absolute atomic E-state index is 2.60. The van der Waals surface area contributed by atoms with Crippen LogP contribution in [0.4, 0.5) is 34.1 Å². The molecule has 8 aromatic rings. The van der Waals surface area contributed by atoms with E-state index in [0.717, 1.165) is 34.1 Å². The minimum atomic E-state index is -0.212. The van der Waals surface area contributed by atoms with Crippen molar-refractivity contribution in [3.63, 3.8) is 0 Å². The minimum Gasteiger partial charge on any atom is -0.311 e. The molecule has 1 fully saturated rings. The van der Waals surface area contributed by atoms with Crippen molar-refractivity contribution in [3.05, 3.63) is 294 Å². The first-order valence-electron chi connectivity index (χ1n) is 23.6. The summed E-state index contributed by atoms with van der Waals surface area (Å²) >= 11 is 0. The predicted octanol–water partition coefficient (Wildman–Crippen LogP) is 16.9. The van der Waals surface area contributed by atoms with Gasteiger partial charge >= 0.3 is 0 Å². The smallest absolute Gasteiger partial charge is 0.0462 e. The van der Waals surface area contributed by atoms with Gasteiger partial charge in [-0.05, 0) is 141 Å². The van der Waals surface area contributed by atoms with Crippen LogP contribution in [-0.2, 0) is 5.41 Å². The van der Waals surface area contributed by atoms with E-state index < -0.39 is 0 Å². The molecule has 8 aromatic carbocycles. The maximum Gasteiger partial charge on any atom is 0.0462 e. The predicted molar refractivity (Wildman–Crippen MR) is 282 cm³/mol. The summed E-state index contributed by atoms with van der Waals surface area (Å²) in [5.74, 6) is 1.39. The van der Waals surface area contributed by atoms with Crippen LogP contribution in [0.25, 0.3) is 29.4 Å². The van der Waals surface area contributed by atoms with E-state index in [2.05, 4.69) is 289 Å². The number of allylic oxidation sites excluding steroid dienone is 9. The third-order valence-electron chi connectivity index (χ3n) is 14.4. The molecule has 1 saturated carbocycles. The first kappa shape index (κ1) is 40.3. The molecule has 2 nitrogen and oxygen atoms in total. The van der Waals surface area contributed by atoms with E-state index in [1.807, 2.05) is 0 Å². The zero-order chi connectivity index (χ0) is 44.6. The molecule has 0 radical (unpaired) electrons. The summed E-state index contributed by atoms with van der Waals surface area (Å²) in [5.41, 5.74) is 17.0. The Bertz CT molecular complexity index is 3150. The summed E-state index contributed by atoms with van der Waals surface area (Å²) in [6.07, 6.45) is 26.2. The van der Waals surface area contributed by atoms with Gasteiger partial charge in [-0.3, -0.25) is 0 Å². The van der Waals surface area contributed by atoms with Crippen LogP contribution in [-0.4, -0.2) is 0 Å². The molecule has 4 aliphatic rings. The van der Waals surface area contributed by atoms with E-state index in [1.165, 1.54) is 44.5 Å². The number of para-hydroxylation sites is 4. The van der Waals surface area contributed by atoms with E-state index in [4.69, 9.17) is 0 Å². The highest BCUT2D eigenvalue weighted by atomic mass is 15.1. The topological polar surface area (TPSA) is 6.48 Å². The molecule has 320 valence electrons. The van der Waals surface area contributed by atoms with E-state index >= 15 is 0 Å². The van der Waals surface area contributed by atoms with Crippen molar-refractivity contribution in [3.8, 4) is 11.1 Å². The lowest BCUT2D eigenvalue weighted by Gasteiger charge is -2.39. The number of hydrogen-bond donors (Lipinski definition) is 0. The van der Waals surface area contributed by atoms with Crippen LogP contribution in [0, 0.1) is 23.7 Å². The highest BCUT2D eigenvalue weighted by Crippen LogP contribution is 2.67. The molecule has 0 aromatic heterocycles. The zero-order valence-electron chi connectivity index (χ0n) is 37.3. The normalized spacial score (nSPS) is 20.7. The molecule has 0 N–H and O–H groups in total. The highest BCUT2D eigenvalue weighted by molar-refractivity contribution is 5.86. The Morgan fingerprint density at radius 1 is 0.343 bits per heavy atom. The lowest BCUT2D eigenvalue weighted by atomic mass is 9.62. The summed E-state index contributed by atoms with van der Waals surface area (Å²) in [7, 11) is 0. The molecular weight excluding hydrogens is 809 g/mol. The molecule has 0 saturated heterocycles. The Balaban J connectivity index is 0.868. The van der Waals surface area contributed by atoms with Crippen molar-refractivity contribution in [1.29, 1.82) is 0 Å². The van der Waals surface area contributed by atoms with E-state index in [9.17, 15) is 0 Å². The summed E-state index contributed by atoms with van der Waals surface area (Å²) in [5, 5.41) is 0. The van der Waals surface area contributed by atoms with E-state index in [-0.39, 0.29) is 11.3 Å². The van der Waals surface area contributed by atoms with Crippen molar-refractivity contribution >= 4 is 52.4 Å². The van der Waals surface area contributed by atoms with Crippen LogP contribution < -0.4 is 9.80 Å². The van der Waals surface area contributed by atoms with Gasteiger partial charge in [0.05, 0.1) is 0 Å². The van der Waals surface area contributed by atoms with Gasteiger partial charge in [-0.1, -0.05) is 206 Å². The fourth-order valence-corrected chi connectivity index (χ4v) is 11.5. The summed E-state index contributed by atoms with van der Waals surface area (Å²) in [6.45, 7) is 0. The molecular formula is C65H50N2. The zero-order valence-corrected chi connectivity index (χ0v) is 37.3. The van der Waals surface area contributed by atoms with Gasteiger partial charge in [-0.15, -0.1) is 0 Å². The average Bonchev–Trinajstić information content (AvgIpc) is 3.86. The van der Waals surface area contributed by atoms with E-state index in [1.54, 1.807) is 0 Å². The van der Waals surface area contributed by atoms with Crippen LogP contribution in [0.15, 0.2) is 267 Å². The van der Waals surface area contributed by atoms with Crippen LogP contribution in [0.5, 0.6) is 0 Å². The second-order valence-corrected chi connectivity index (χ2v) is 18.1. The van der Waals surface area contributed by atoms with Crippen LogP contribution in [0.2, 0.25) is 0 Å². The van der Waals surface area contributed by atoms with Gasteiger partial charge in [0, 0.05) is 39.5 Å². The van der Waals surface area contributed by atoms with E-state index in [0.29, 0.717) is 17.8 Å². The number of rotatable bonds is 10.